The van der Waals surface area contributed by atoms with Gasteiger partial charge in [-0.3, -0.25) is 9.59 Å². The Morgan fingerprint density at radius 2 is 1.44 bits per heavy atom. The van der Waals surface area contributed by atoms with Gasteiger partial charge in [-0.15, -0.1) is 0 Å². The van der Waals surface area contributed by atoms with Crippen molar-refractivity contribution >= 4 is 23.2 Å². The van der Waals surface area contributed by atoms with Crippen LogP contribution >= 0.6 is 0 Å². The van der Waals surface area contributed by atoms with Crippen molar-refractivity contribution in [3.05, 3.63) is 89.7 Å². The molecule has 0 bridgehead atoms. The molecule has 3 rings (SSSR count). The number of carbonyl (C=O) groups excluding carboxylic acids is 2. The highest BCUT2D eigenvalue weighted by molar-refractivity contribution is 6.07. The van der Waals surface area contributed by atoms with E-state index in [1.807, 2.05) is 0 Å². The Morgan fingerprint density at radius 1 is 0.815 bits per heavy atom. The van der Waals surface area contributed by atoms with Gasteiger partial charge in [-0.25, -0.2) is 4.39 Å². The predicted molar refractivity (Wildman–Crippen MR) is 102 cm³/mol. The van der Waals surface area contributed by atoms with Crippen LogP contribution in [0.5, 0.6) is 5.75 Å². The van der Waals surface area contributed by atoms with Gasteiger partial charge in [0.25, 0.3) is 11.8 Å². The van der Waals surface area contributed by atoms with Crippen LogP contribution in [0, 0.1) is 5.82 Å². The van der Waals surface area contributed by atoms with Gasteiger partial charge in [0, 0.05) is 16.8 Å². The summed E-state index contributed by atoms with van der Waals surface area (Å²) in [6.45, 7) is 0. The molecule has 0 aromatic heterocycles. The molecule has 2 N–H and O–H groups in total. The van der Waals surface area contributed by atoms with Crippen molar-refractivity contribution in [1.82, 2.24) is 0 Å². The van der Waals surface area contributed by atoms with Crippen molar-refractivity contribution in [2.45, 2.75) is 0 Å². The molecule has 0 radical (unpaired) electrons. The molecule has 0 aliphatic rings. The van der Waals surface area contributed by atoms with Gasteiger partial charge in [0.15, 0.2) is 0 Å². The van der Waals surface area contributed by atoms with Crippen LogP contribution in [-0.4, -0.2) is 18.9 Å². The SMILES string of the molecule is COc1ccccc1NC(=O)c1ccc(C(=O)Nc2cccc(F)c2)cc1. The second-order valence-electron chi connectivity index (χ2n) is 5.70. The molecular formula is C21H17FN2O3. The maximum absolute atomic E-state index is 13.2. The summed E-state index contributed by atoms with van der Waals surface area (Å²) in [5.74, 6) is -0.595. The lowest BCUT2D eigenvalue weighted by molar-refractivity contribution is 0.101. The summed E-state index contributed by atoms with van der Waals surface area (Å²) in [5.41, 5.74) is 1.66. The molecule has 5 nitrogen and oxygen atoms in total. The van der Waals surface area contributed by atoms with E-state index in [-0.39, 0.29) is 5.91 Å². The molecule has 0 saturated heterocycles. The monoisotopic (exact) mass is 364 g/mol. The molecule has 0 unspecified atom stereocenters. The van der Waals surface area contributed by atoms with Gasteiger partial charge in [0.05, 0.1) is 12.8 Å². The molecule has 136 valence electrons. The normalized spacial score (nSPS) is 10.1. The summed E-state index contributed by atoms with van der Waals surface area (Å²) in [7, 11) is 1.52. The van der Waals surface area contributed by atoms with E-state index in [2.05, 4.69) is 10.6 Å². The lowest BCUT2D eigenvalue weighted by Crippen LogP contribution is -2.14. The molecule has 0 heterocycles. The minimum atomic E-state index is -0.434. The van der Waals surface area contributed by atoms with Gasteiger partial charge < -0.3 is 15.4 Å². The molecule has 2 amide bonds. The Kier molecular flexibility index (Phi) is 5.47. The lowest BCUT2D eigenvalue weighted by atomic mass is 10.1. The molecule has 0 saturated carbocycles. The standard InChI is InChI=1S/C21H17FN2O3/c1-27-19-8-3-2-7-18(19)24-21(26)15-11-9-14(10-12-15)20(25)23-17-6-4-5-16(22)13-17/h2-13H,1H3,(H,23,25)(H,24,26). The summed E-state index contributed by atoms with van der Waals surface area (Å²) in [5, 5.41) is 5.37. The van der Waals surface area contributed by atoms with Crippen molar-refractivity contribution in [1.29, 1.82) is 0 Å². The summed E-state index contributed by atoms with van der Waals surface area (Å²) in [6.07, 6.45) is 0. The number of para-hydroxylation sites is 2. The lowest BCUT2D eigenvalue weighted by Gasteiger charge is -2.10. The number of carbonyl (C=O) groups is 2. The van der Waals surface area contributed by atoms with Crippen LogP contribution in [0.15, 0.2) is 72.8 Å². The number of amides is 2. The second kappa shape index (κ2) is 8.14. The van der Waals surface area contributed by atoms with Gasteiger partial charge in [-0.05, 0) is 54.6 Å². The summed E-state index contributed by atoms with van der Waals surface area (Å²) < 4.78 is 18.4. The van der Waals surface area contributed by atoms with Crippen molar-refractivity contribution < 1.29 is 18.7 Å². The van der Waals surface area contributed by atoms with Gasteiger partial charge in [0.2, 0.25) is 0 Å². The van der Waals surface area contributed by atoms with E-state index in [4.69, 9.17) is 4.74 Å². The third kappa shape index (κ3) is 4.49. The number of benzene rings is 3. The highest BCUT2D eigenvalue weighted by Gasteiger charge is 2.11. The molecule has 0 spiro atoms. The molecule has 0 fully saturated rings. The Labute approximate surface area is 155 Å². The van der Waals surface area contributed by atoms with E-state index in [1.54, 1.807) is 42.5 Å². The molecule has 27 heavy (non-hydrogen) atoms. The van der Waals surface area contributed by atoms with Crippen molar-refractivity contribution in [3.8, 4) is 5.75 Å². The van der Waals surface area contributed by atoms with Crippen LogP contribution in [0.1, 0.15) is 20.7 Å². The van der Waals surface area contributed by atoms with Crippen LogP contribution in [0.25, 0.3) is 0 Å². The minimum Gasteiger partial charge on any atom is -0.495 e. The van der Waals surface area contributed by atoms with Crippen molar-refractivity contribution in [2.24, 2.45) is 0 Å². The van der Waals surface area contributed by atoms with E-state index in [0.29, 0.717) is 28.3 Å². The zero-order valence-corrected chi connectivity index (χ0v) is 14.5. The van der Waals surface area contributed by atoms with Crippen LogP contribution in [0.2, 0.25) is 0 Å². The second-order valence-corrected chi connectivity index (χ2v) is 5.70. The van der Waals surface area contributed by atoms with Crippen molar-refractivity contribution in [3.63, 3.8) is 0 Å². The molecule has 3 aromatic rings. The van der Waals surface area contributed by atoms with Gasteiger partial charge in [-0.2, -0.15) is 0 Å². The topological polar surface area (TPSA) is 67.4 Å². The Morgan fingerprint density at radius 3 is 2.07 bits per heavy atom. The van der Waals surface area contributed by atoms with E-state index >= 15 is 0 Å². The largest absolute Gasteiger partial charge is 0.495 e. The highest BCUT2D eigenvalue weighted by Crippen LogP contribution is 2.23. The van der Waals surface area contributed by atoms with Gasteiger partial charge in [0.1, 0.15) is 11.6 Å². The zero-order chi connectivity index (χ0) is 19.2. The molecule has 6 heteroatoms. The smallest absolute Gasteiger partial charge is 0.255 e. The maximum atomic E-state index is 13.2. The third-order valence-corrected chi connectivity index (χ3v) is 3.85. The number of ether oxygens (including phenoxy) is 1. The van der Waals surface area contributed by atoms with Crippen LogP contribution in [-0.2, 0) is 0 Å². The number of anilines is 2. The summed E-state index contributed by atoms with van der Waals surface area (Å²) >= 11 is 0. The Bertz CT molecular complexity index is 971. The number of methoxy groups -OCH3 is 1. The fraction of sp³-hybridized carbons (Fsp3) is 0.0476. The Balaban J connectivity index is 1.69. The fourth-order valence-electron chi connectivity index (χ4n) is 2.48. The fourth-order valence-corrected chi connectivity index (χ4v) is 2.48. The molecule has 0 atom stereocenters. The maximum Gasteiger partial charge on any atom is 0.255 e. The zero-order valence-electron chi connectivity index (χ0n) is 14.5. The van der Waals surface area contributed by atoms with Gasteiger partial charge in [-0.1, -0.05) is 18.2 Å². The van der Waals surface area contributed by atoms with E-state index in [1.165, 1.54) is 37.4 Å². The Hall–Kier alpha value is -3.67. The molecular weight excluding hydrogens is 347 g/mol. The van der Waals surface area contributed by atoms with Gasteiger partial charge >= 0.3 is 0 Å². The predicted octanol–water partition coefficient (Wildman–Crippen LogP) is 4.34. The van der Waals surface area contributed by atoms with E-state index in [9.17, 15) is 14.0 Å². The van der Waals surface area contributed by atoms with Crippen LogP contribution in [0.4, 0.5) is 15.8 Å². The number of hydrogen-bond donors (Lipinski definition) is 2. The van der Waals surface area contributed by atoms with Crippen molar-refractivity contribution in [2.75, 3.05) is 17.7 Å². The molecule has 0 aliphatic heterocycles. The molecule has 3 aromatic carbocycles. The summed E-state index contributed by atoms with van der Waals surface area (Å²) in [6, 6.07) is 18.9. The number of nitrogens with one attached hydrogen (secondary N) is 2. The number of halogens is 1. The average molecular weight is 364 g/mol. The quantitative estimate of drug-likeness (QED) is 0.708. The summed E-state index contributed by atoms with van der Waals surface area (Å²) in [4.78, 5) is 24.6. The average Bonchev–Trinajstić information content (AvgIpc) is 2.68. The van der Waals surface area contributed by atoms with Crippen LogP contribution < -0.4 is 15.4 Å². The van der Waals surface area contributed by atoms with Crippen LogP contribution in [0.3, 0.4) is 0 Å². The third-order valence-electron chi connectivity index (χ3n) is 3.85. The number of hydrogen-bond acceptors (Lipinski definition) is 3. The number of rotatable bonds is 5. The van der Waals surface area contributed by atoms with E-state index in [0.717, 1.165) is 0 Å². The minimum absolute atomic E-state index is 0.323. The molecule has 0 aliphatic carbocycles. The highest BCUT2D eigenvalue weighted by atomic mass is 19.1. The first-order valence-corrected chi connectivity index (χ1v) is 8.18. The van der Waals surface area contributed by atoms with E-state index < -0.39 is 11.7 Å². The first-order valence-electron chi connectivity index (χ1n) is 8.18. The first kappa shape index (κ1) is 18.1. The first-order chi connectivity index (χ1) is 13.1.